The minimum atomic E-state index is -0.301. The molecular formula is C16H25FN2O2S. The number of carbonyl (C=O) groups is 1. The van der Waals surface area contributed by atoms with Gasteiger partial charge in [0.2, 0.25) is 0 Å². The zero-order valence-corrected chi connectivity index (χ0v) is 14.3. The lowest BCUT2D eigenvalue weighted by molar-refractivity contribution is 0.230. The molecule has 1 aromatic carbocycles. The third-order valence-corrected chi connectivity index (χ3v) is 4.88. The molecule has 0 radical (unpaired) electrons. The maximum atomic E-state index is 13.0. The fraction of sp³-hybridized carbons (Fsp3) is 0.562. The normalized spacial score (nSPS) is 14.3. The van der Waals surface area contributed by atoms with E-state index in [-0.39, 0.29) is 35.2 Å². The van der Waals surface area contributed by atoms with Crippen molar-refractivity contribution in [3.63, 3.8) is 0 Å². The largest absolute Gasteiger partial charge is 0.395 e. The second-order valence-corrected chi connectivity index (χ2v) is 7.04. The molecular weight excluding hydrogens is 303 g/mol. The van der Waals surface area contributed by atoms with E-state index in [1.54, 1.807) is 12.1 Å². The lowest BCUT2D eigenvalue weighted by Gasteiger charge is -2.27. The summed E-state index contributed by atoms with van der Waals surface area (Å²) in [6, 6.07) is 5.90. The second kappa shape index (κ2) is 8.39. The van der Waals surface area contributed by atoms with Crippen LogP contribution in [0.5, 0.6) is 0 Å². The second-order valence-electron chi connectivity index (χ2n) is 5.96. The van der Waals surface area contributed by atoms with Crippen molar-refractivity contribution in [3.05, 3.63) is 35.6 Å². The van der Waals surface area contributed by atoms with Gasteiger partial charge in [-0.05, 0) is 30.9 Å². The lowest BCUT2D eigenvalue weighted by Crippen LogP contribution is -2.48. The van der Waals surface area contributed by atoms with Crippen LogP contribution in [-0.4, -0.2) is 41.8 Å². The molecule has 0 fully saturated rings. The highest BCUT2D eigenvalue weighted by Crippen LogP contribution is 2.22. The summed E-state index contributed by atoms with van der Waals surface area (Å²) in [5.74, 6) is -0.272. The molecule has 6 heteroatoms. The Labute approximate surface area is 135 Å². The number of aliphatic hydroxyl groups excluding tert-OH is 1. The van der Waals surface area contributed by atoms with Gasteiger partial charge in [-0.1, -0.05) is 26.0 Å². The number of hydrogen-bond acceptors (Lipinski definition) is 3. The fourth-order valence-electron chi connectivity index (χ4n) is 2.09. The van der Waals surface area contributed by atoms with Gasteiger partial charge >= 0.3 is 6.03 Å². The standard InChI is InChI=1S/C16H25FN2O2S/c1-11(14(9-20)22-4)19-15(21)18-10-16(2,3)12-5-7-13(17)8-6-12/h5-8,11,14,20H,9-10H2,1-4H3,(H2,18,19,21). The van der Waals surface area contributed by atoms with Crippen molar-refractivity contribution in [1.82, 2.24) is 10.6 Å². The predicted molar refractivity (Wildman–Crippen MR) is 89.8 cm³/mol. The summed E-state index contributed by atoms with van der Waals surface area (Å²) in [4.78, 5) is 11.9. The summed E-state index contributed by atoms with van der Waals surface area (Å²) in [5, 5.41) is 14.8. The Hall–Kier alpha value is -1.27. The highest BCUT2D eigenvalue weighted by molar-refractivity contribution is 7.99. The molecule has 0 aliphatic carbocycles. The van der Waals surface area contributed by atoms with Crippen molar-refractivity contribution in [2.45, 2.75) is 37.5 Å². The molecule has 0 heterocycles. The first-order valence-corrected chi connectivity index (χ1v) is 8.53. The van der Waals surface area contributed by atoms with Crippen molar-refractivity contribution in [1.29, 1.82) is 0 Å². The number of rotatable bonds is 7. The minimum Gasteiger partial charge on any atom is -0.395 e. The molecule has 0 aliphatic heterocycles. The Balaban J connectivity index is 2.53. The van der Waals surface area contributed by atoms with Gasteiger partial charge in [0.05, 0.1) is 6.61 Å². The summed E-state index contributed by atoms with van der Waals surface area (Å²) in [7, 11) is 0. The number of hydrogen-bond donors (Lipinski definition) is 3. The summed E-state index contributed by atoms with van der Waals surface area (Å²) < 4.78 is 13.0. The quantitative estimate of drug-likeness (QED) is 0.721. The maximum absolute atomic E-state index is 13.0. The number of carbonyl (C=O) groups excluding carboxylic acids is 1. The zero-order valence-electron chi connectivity index (χ0n) is 13.5. The molecule has 0 saturated carbocycles. The molecule has 4 nitrogen and oxygen atoms in total. The average molecular weight is 328 g/mol. The van der Waals surface area contributed by atoms with Crippen LogP contribution < -0.4 is 10.6 Å². The number of benzene rings is 1. The number of amides is 2. The molecule has 124 valence electrons. The van der Waals surface area contributed by atoms with Crippen LogP contribution in [0.15, 0.2) is 24.3 Å². The Kier molecular flexibility index (Phi) is 7.16. The molecule has 22 heavy (non-hydrogen) atoms. The topological polar surface area (TPSA) is 61.4 Å². The van der Waals surface area contributed by atoms with Crippen LogP contribution in [0, 0.1) is 5.82 Å². The van der Waals surface area contributed by atoms with E-state index in [9.17, 15) is 14.3 Å². The molecule has 2 unspecified atom stereocenters. The molecule has 3 N–H and O–H groups in total. The zero-order chi connectivity index (χ0) is 16.8. The minimum absolute atomic E-state index is 0.0175. The molecule has 1 aromatic rings. The van der Waals surface area contributed by atoms with Crippen LogP contribution in [0.3, 0.4) is 0 Å². The van der Waals surface area contributed by atoms with E-state index >= 15 is 0 Å². The molecule has 0 saturated heterocycles. The fourth-order valence-corrected chi connectivity index (χ4v) is 2.72. The molecule has 0 aliphatic rings. The first-order valence-electron chi connectivity index (χ1n) is 7.24. The van der Waals surface area contributed by atoms with Crippen LogP contribution >= 0.6 is 11.8 Å². The number of aliphatic hydroxyl groups is 1. The van der Waals surface area contributed by atoms with E-state index in [1.165, 1.54) is 23.9 Å². The third kappa shape index (κ3) is 5.50. The van der Waals surface area contributed by atoms with Crippen LogP contribution in [0.25, 0.3) is 0 Å². The number of thioether (sulfide) groups is 1. The first kappa shape index (κ1) is 18.8. The Morgan fingerprint density at radius 2 is 1.95 bits per heavy atom. The number of urea groups is 1. The maximum Gasteiger partial charge on any atom is 0.315 e. The van der Waals surface area contributed by atoms with Crippen LogP contribution in [-0.2, 0) is 5.41 Å². The van der Waals surface area contributed by atoms with E-state index in [2.05, 4.69) is 10.6 Å². The van der Waals surface area contributed by atoms with E-state index in [0.717, 1.165) is 5.56 Å². The highest BCUT2D eigenvalue weighted by Gasteiger charge is 2.23. The summed E-state index contributed by atoms with van der Waals surface area (Å²) in [6.07, 6.45) is 1.90. The van der Waals surface area contributed by atoms with Crippen molar-refractivity contribution < 1.29 is 14.3 Å². The molecule has 0 spiro atoms. The van der Waals surface area contributed by atoms with E-state index in [1.807, 2.05) is 27.0 Å². The Morgan fingerprint density at radius 3 is 2.45 bits per heavy atom. The van der Waals surface area contributed by atoms with Gasteiger partial charge in [0, 0.05) is 23.3 Å². The van der Waals surface area contributed by atoms with Gasteiger partial charge in [0.1, 0.15) is 5.82 Å². The van der Waals surface area contributed by atoms with Gasteiger partial charge in [-0.25, -0.2) is 9.18 Å². The van der Waals surface area contributed by atoms with E-state index < -0.39 is 0 Å². The van der Waals surface area contributed by atoms with Gasteiger partial charge < -0.3 is 15.7 Å². The van der Waals surface area contributed by atoms with Crippen molar-refractivity contribution in [2.75, 3.05) is 19.4 Å². The Bertz CT molecular complexity index is 476. The van der Waals surface area contributed by atoms with E-state index in [0.29, 0.717) is 6.54 Å². The summed E-state index contributed by atoms with van der Waals surface area (Å²) in [6.45, 7) is 6.29. The number of nitrogens with one attached hydrogen (secondary N) is 2. The first-order chi connectivity index (χ1) is 10.3. The number of halogens is 1. The third-order valence-electron chi connectivity index (χ3n) is 3.72. The Morgan fingerprint density at radius 1 is 1.36 bits per heavy atom. The smallest absolute Gasteiger partial charge is 0.315 e. The summed E-state index contributed by atoms with van der Waals surface area (Å²) >= 11 is 1.51. The predicted octanol–water partition coefficient (Wildman–Crippen LogP) is 2.51. The lowest BCUT2D eigenvalue weighted by atomic mass is 9.84. The molecule has 0 bridgehead atoms. The molecule has 1 rings (SSSR count). The van der Waals surface area contributed by atoms with Crippen molar-refractivity contribution in [2.24, 2.45) is 0 Å². The monoisotopic (exact) mass is 328 g/mol. The molecule has 2 atom stereocenters. The van der Waals surface area contributed by atoms with Gasteiger partial charge in [-0.2, -0.15) is 11.8 Å². The highest BCUT2D eigenvalue weighted by atomic mass is 32.2. The average Bonchev–Trinajstić information content (AvgIpc) is 2.47. The van der Waals surface area contributed by atoms with Gasteiger partial charge in [-0.3, -0.25) is 0 Å². The summed E-state index contributed by atoms with van der Waals surface area (Å²) in [5.41, 5.74) is 0.657. The van der Waals surface area contributed by atoms with Crippen molar-refractivity contribution in [3.8, 4) is 0 Å². The van der Waals surface area contributed by atoms with Crippen LogP contribution in [0.4, 0.5) is 9.18 Å². The van der Waals surface area contributed by atoms with Gasteiger partial charge in [0.15, 0.2) is 0 Å². The van der Waals surface area contributed by atoms with Crippen LogP contribution in [0.2, 0.25) is 0 Å². The van der Waals surface area contributed by atoms with Crippen LogP contribution in [0.1, 0.15) is 26.3 Å². The van der Waals surface area contributed by atoms with Gasteiger partial charge in [0.25, 0.3) is 0 Å². The van der Waals surface area contributed by atoms with Gasteiger partial charge in [-0.15, -0.1) is 0 Å². The SMILES string of the molecule is CSC(CO)C(C)NC(=O)NCC(C)(C)c1ccc(F)cc1. The van der Waals surface area contributed by atoms with Crippen molar-refractivity contribution >= 4 is 17.8 Å². The molecule has 0 aromatic heterocycles. The molecule has 2 amide bonds. The van der Waals surface area contributed by atoms with E-state index in [4.69, 9.17) is 0 Å².